The van der Waals surface area contributed by atoms with Gasteiger partial charge < -0.3 is 15.2 Å². The van der Waals surface area contributed by atoms with Gasteiger partial charge in [0, 0.05) is 0 Å². The summed E-state index contributed by atoms with van der Waals surface area (Å²) in [6.07, 6.45) is 1.96. The number of pyridine rings is 1. The lowest BCUT2D eigenvalue weighted by Gasteiger charge is -2.15. The van der Waals surface area contributed by atoms with E-state index in [9.17, 15) is 4.39 Å². The molecule has 0 bridgehead atoms. The fraction of sp³-hybridized carbons (Fsp3) is 0.500. The molecule has 1 aromatic rings. The summed E-state index contributed by atoms with van der Waals surface area (Å²) in [5, 5.41) is 0. The van der Waals surface area contributed by atoms with Gasteiger partial charge in [-0.25, -0.2) is 4.39 Å². The van der Waals surface area contributed by atoms with Crippen LogP contribution in [0.15, 0.2) is 12.4 Å². The predicted octanol–water partition coefficient (Wildman–Crippen LogP) is 1.46. The van der Waals surface area contributed by atoms with Crippen LogP contribution in [0.4, 0.5) is 4.39 Å². The Labute approximate surface area is 88.2 Å². The molecule has 1 rings (SSSR count). The van der Waals surface area contributed by atoms with Crippen LogP contribution in [-0.2, 0) is 0 Å². The first-order valence-electron chi connectivity index (χ1n) is 4.64. The highest BCUT2D eigenvalue weighted by molar-refractivity contribution is 5.43. The maximum atomic E-state index is 13.8. The van der Waals surface area contributed by atoms with Gasteiger partial charge in [-0.1, -0.05) is 0 Å². The van der Waals surface area contributed by atoms with Gasteiger partial charge in [-0.2, -0.15) is 0 Å². The van der Waals surface area contributed by atoms with Crippen LogP contribution < -0.4 is 15.2 Å². The third-order valence-corrected chi connectivity index (χ3v) is 2.09. The summed E-state index contributed by atoms with van der Waals surface area (Å²) < 4.78 is 23.8. The summed E-state index contributed by atoms with van der Waals surface area (Å²) in [6, 6.07) is 0. The highest BCUT2D eigenvalue weighted by Crippen LogP contribution is 2.36. The highest BCUT2D eigenvalue weighted by Gasteiger charge is 2.20. The van der Waals surface area contributed by atoms with E-state index in [0.29, 0.717) is 17.1 Å². The van der Waals surface area contributed by atoms with Gasteiger partial charge in [0.15, 0.2) is 0 Å². The number of nitrogens with two attached hydrogens (primary N) is 1. The van der Waals surface area contributed by atoms with Crippen LogP contribution in [0.3, 0.4) is 0 Å². The Hall–Kier alpha value is -1.36. The molecule has 5 heteroatoms. The van der Waals surface area contributed by atoms with Gasteiger partial charge in [0.25, 0.3) is 0 Å². The summed E-state index contributed by atoms with van der Waals surface area (Å²) in [5.41, 5.74) is 5.69. The van der Waals surface area contributed by atoms with Crippen molar-refractivity contribution in [1.82, 2.24) is 4.98 Å². The predicted molar refractivity (Wildman–Crippen MR) is 54.9 cm³/mol. The van der Waals surface area contributed by atoms with Gasteiger partial charge in [0.05, 0.1) is 32.2 Å². The molecule has 0 spiro atoms. The molecule has 0 aliphatic carbocycles. The molecule has 0 aromatic carbocycles. The quantitative estimate of drug-likeness (QED) is 0.806. The summed E-state index contributed by atoms with van der Waals surface area (Å²) in [7, 11) is 2.93. The second-order valence-electron chi connectivity index (χ2n) is 3.00. The molecule has 15 heavy (non-hydrogen) atoms. The first-order chi connectivity index (χ1) is 7.24. The van der Waals surface area contributed by atoms with E-state index in [1.807, 2.05) is 0 Å². The van der Waals surface area contributed by atoms with Crippen molar-refractivity contribution in [3.8, 4) is 11.5 Å². The summed E-state index contributed by atoms with van der Waals surface area (Å²) in [5.74, 6) is 0.769. The molecule has 84 valence electrons. The fourth-order valence-electron chi connectivity index (χ4n) is 1.36. The zero-order chi connectivity index (χ0) is 11.3. The van der Waals surface area contributed by atoms with Crippen LogP contribution in [0.5, 0.6) is 11.5 Å². The van der Waals surface area contributed by atoms with E-state index in [-0.39, 0.29) is 13.0 Å². The molecule has 0 fully saturated rings. The Morgan fingerprint density at radius 2 is 1.87 bits per heavy atom. The maximum Gasteiger partial charge on any atom is 0.146 e. The molecule has 1 unspecified atom stereocenters. The monoisotopic (exact) mass is 214 g/mol. The molecule has 2 N–H and O–H groups in total. The number of halogens is 1. The highest BCUT2D eigenvalue weighted by atomic mass is 19.1. The number of methoxy groups -OCH3 is 2. The topological polar surface area (TPSA) is 57.4 Å². The molecular weight excluding hydrogens is 199 g/mol. The number of hydrogen-bond acceptors (Lipinski definition) is 4. The van der Waals surface area contributed by atoms with Crippen LogP contribution in [0, 0.1) is 0 Å². The van der Waals surface area contributed by atoms with Gasteiger partial charge >= 0.3 is 0 Å². The third-order valence-electron chi connectivity index (χ3n) is 2.09. The van der Waals surface area contributed by atoms with Crippen LogP contribution in [0.25, 0.3) is 0 Å². The van der Waals surface area contributed by atoms with E-state index in [1.165, 1.54) is 26.6 Å². The minimum atomic E-state index is -1.19. The largest absolute Gasteiger partial charge is 0.495 e. The minimum absolute atomic E-state index is 0.233. The number of aromatic nitrogens is 1. The van der Waals surface area contributed by atoms with Crippen molar-refractivity contribution in [2.75, 3.05) is 20.8 Å². The number of alkyl halides is 1. The molecule has 0 radical (unpaired) electrons. The van der Waals surface area contributed by atoms with Crippen LogP contribution in [0.1, 0.15) is 18.2 Å². The van der Waals surface area contributed by atoms with Crippen molar-refractivity contribution in [3.63, 3.8) is 0 Å². The van der Waals surface area contributed by atoms with Crippen LogP contribution >= 0.6 is 0 Å². The molecule has 1 aromatic heterocycles. The number of ether oxygens (including phenoxy) is 2. The van der Waals surface area contributed by atoms with Gasteiger partial charge in [0.2, 0.25) is 0 Å². The van der Waals surface area contributed by atoms with E-state index in [1.54, 1.807) is 0 Å². The number of rotatable bonds is 5. The standard InChI is InChI=1S/C10H15FN2O2/c1-14-8-5-13-6-9(15-2)10(8)7(11)3-4-12/h5-7H,3-4,12H2,1-2H3. The lowest BCUT2D eigenvalue weighted by Crippen LogP contribution is -2.06. The van der Waals surface area contributed by atoms with E-state index in [0.717, 1.165) is 0 Å². The Bertz CT molecular complexity index is 298. The zero-order valence-electron chi connectivity index (χ0n) is 8.87. The molecule has 0 saturated carbocycles. The first kappa shape index (κ1) is 11.7. The van der Waals surface area contributed by atoms with Crippen molar-refractivity contribution < 1.29 is 13.9 Å². The summed E-state index contributed by atoms with van der Waals surface area (Å²) in [6.45, 7) is 0.274. The zero-order valence-corrected chi connectivity index (χ0v) is 8.87. The van der Waals surface area contributed by atoms with Gasteiger partial charge in [0.1, 0.15) is 17.7 Å². The van der Waals surface area contributed by atoms with Crippen LogP contribution in [0.2, 0.25) is 0 Å². The summed E-state index contributed by atoms with van der Waals surface area (Å²) in [4.78, 5) is 3.88. The molecule has 0 amide bonds. The molecule has 0 saturated heterocycles. The molecule has 4 nitrogen and oxygen atoms in total. The first-order valence-corrected chi connectivity index (χ1v) is 4.64. The molecule has 0 aliphatic heterocycles. The molecule has 1 atom stereocenters. The van der Waals surface area contributed by atoms with Crippen molar-refractivity contribution >= 4 is 0 Å². The minimum Gasteiger partial charge on any atom is -0.495 e. The Morgan fingerprint density at radius 3 is 2.27 bits per heavy atom. The SMILES string of the molecule is COc1cncc(OC)c1C(F)CCN. The van der Waals surface area contributed by atoms with Gasteiger partial charge in [-0.3, -0.25) is 4.98 Å². The van der Waals surface area contributed by atoms with Crippen LogP contribution in [-0.4, -0.2) is 25.7 Å². The van der Waals surface area contributed by atoms with E-state index in [2.05, 4.69) is 4.98 Å². The molecular formula is C10H15FN2O2. The smallest absolute Gasteiger partial charge is 0.146 e. The molecule has 1 heterocycles. The third kappa shape index (κ3) is 2.56. The lowest BCUT2D eigenvalue weighted by molar-refractivity contribution is 0.294. The molecule has 0 aliphatic rings. The van der Waals surface area contributed by atoms with E-state index >= 15 is 0 Å². The number of hydrogen-bond donors (Lipinski definition) is 1. The van der Waals surface area contributed by atoms with Crippen molar-refractivity contribution in [1.29, 1.82) is 0 Å². The summed E-state index contributed by atoms with van der Waals surface area (Å²) >= 11 is 0. The maximum absolute atomic E-state index is 13.8. The average molecular weight is 214 g/mol. The fourth-order valence-corrected chi connectivity index (χ4v) is 1.36. The van der Waals surface area contributed by atoms with Crippen molar-refractivity contribution in [3.05, 3.63) is 18.0 Å². The van der Waals surface area contributed by atoms with Crippen molar-refractivity contribution in [2.45, 2.75) is 12.6 Å². The van der Waals surface area contributed by atoms with Gasteiger partial charge in [-0.15, -0.1) is 0 Å². The Balaban J connectivity index is 3.09. The second-order valence-corrected chi connectivity index (χ2v) is 3.00. The average Bonchev–Trinajstić information content (AvgIpc) is 2.28. The normalized spacial score (nSPS) is 12.3. The lowest BCUT2D eigenvalue weighted by atomic mass is 10.1. The van der Waals surface area contributed by atoms with Gasteiger partial charge in [-0.05, 0) is 13.0 Å². The van der Waals surface area contributed by atoms with E-state index in [4.69, 9.17) is 15.2 Å². The van der Waals surface area contributed by atoms with E-state index < -0.39 is 6.17 Å². The Morgan fingerprint density at radius 1 is 1.33 bits per heavy atom. The van der Waals surface area contributed by atoms with Crippen molar-refractivity contribution in [2.24, 2.45) is 5.73 Å². The Kier molecular flexibility index (Phi) is 4.30. The second kappa shape index (κ2) is 5.50. The number of nitrogens with zero attached hydrogens (tertiary/aromatic N) is 1.